The number of carbonyl (C=O) groups excluding carboxylic acids is 2. The Morgan fingerprint density at radius 1 is 1.17 bits per heavy atom. The maximum Gasteiger partial charge on any atom is 0.273 e. The third kappa shape index (κ3) is 2.53. The van der Waals surface area contributed by atoms with Crippen LogP contribution in [0.1, 0.15) is 60.4 Å². The summed E-state index contributed by atoms with van der Waals surface area (Å²) in [6.07, 6.45) is 5.76. The SMILES string of the molecule is Cc1cc(C(=O)NNC(=O)C23C[C@@H]4C[C@@H](CC(Cl)(C4)C2)C3)c(C)o1. The highest BCUT2D eigenvalue weighted by atomic mass is 35.5. The lowest BCUT2D eigenvalue weighted by Gasteiger charge is -2.59. The molecule has 130 valence electrons. The topological polar surface area (TPSA) is 71.3 Å². The number of amides is 2. The zero-order chi connectivity index (χ0) is 17.1. The molecule has 1 aromatic rings. The normalized spacial score (nSPS) is 36.6. The van der Waals surface area contributed by atoms with E-state index in [0.29, 0.717) is 28.9 Å². The fourth-order valence-corrected chi connectivity index (χ4v) is 6.28. The Morgan fingerprint density at radius 3 is 2.38 bits per heavy atom. The maximum atomic E-state index is 12.9. The first-order valence-electron chi connectivity index (χ1n) is 8.65. The molecule has 4 saturated carbocycles. The molecule has 0 radical (unpaired) electrons. The van der Waals surface area contributed by atoms with E-state index >= 15 is 0 Å². The second-order valence-corrected chi connectivity index (χ2v) is 8.93. The van der Waals surface area contributed by atoms with E-state index in [9.17, 15) is 9.59 Å². The average Bonchev–Trinajstić information content (AvgIpc) is 2.80. The molecule has 0 saturated heterocycles. The van der Waals surface area contributed by atoms with Crippen molar-refractivity contribution in [1.29, 1.82) is 0 Å². The van der Waals surface area contributed by atoms with E-state index in [-0.39, 0.29) is 16.7 Å². The second-order valence-electron chi connectivity index (χ2n) is 8.13. The summed E-state index contributed by atoms with van der Waals surface area (Å²) in [7, 11) is 0. The molecule has 4 aliphatic carbocycles. The minimum atomic E-state index is -0.416. The third-order valence-corrected chi connectivity index (χ3v) is 6.49. The van der Waals surface area contributed by atoms with Gasteiger partial charge in [0, 0.05) is 4.87 Å². The number of carbonyl (C=O) groups is 2. The number of alkyl halides is 1. The van der Waals surface area contributed by atoms with Crippen LogP contribution in [0.2, 0.25) is 0 Å². The van der Waals surface area contributed by atoms with Crippen molar-refractivity contribution in [2.45, 2.75) is 57.2 Å². The summed E-state index contributed by atoms with van der Waals surface area (Å²) in [5, 5.41) is 0. The molecule has 0 spiro atoms. The van der Waals surface area contributed by atoms with Gasteiger partial charge in [0.2, 0.25) is 5.91 Å². The van der Waals surface area contributed by atoms with Crippen molar-refractivity contribution in [2.24, 2.45) is 17.3 Å². The molecule has 0 aliphatic heterocycles. The zero-order valence-corrected chi connectivity index (χ0v) is 14.8. The van der Waals surface area contributed by atoms with Crippen molar-refractivity contribution in [2.75, 3.05) is 0 Å². The Bertz CT molecular complexity index is 697. The van der Waals surface area contributed by atoms with Crippen LogP contribution in [0.3, 0.4) is 0 Å². The van der Waals surface area contributed by atoms with Gasteiger partial charge in [0.05, 0.1) is 11.0 Å². The molecule has 4 aliphatic rings. The zero-order valence-electron chi connectivity index (χ0n) is 14.1. The van der Waals surface area contributed by atoms with Gasteiger partial charge < -0.3 is 4.42 Å². The van der Waals surface area contributed by atoms with Gasteiger partial charge in [-0.2, -0.15) is 0 Å². The van der Waals surface area contributed by atoms with Crippen LogP contribution in [-0.2, 0) is 4.79 Å². The van der Waals surface area contributed by atoms with Crippen molar-refractivity contribution in [3.63, 3.8) is 0 Å². The Balaban J connectivity index is 1.45. The fourth-order valence-electron chi connectivity index (χ4n) is 5.59. The molecule has 4 bridgehead atoms. The van der Waals surface area contributed by atoms with Crippen LogP contribution < -0.4 is 10.9 Å². The third-order valence-electron chi connectivity index (χ3n) is 6.05. The fraction of sp³-hybridized carbons (Fsp3) is 0.667. The first-order valence-corrected chi connectivity index (χ1v) is 9.03. The van der Waals surface area contributed by atoms with Crippen molar-refractivity contribution in [3.05, 3.63) is 23.2 Å². The van der Waals surface area contributed by atoms with Crippen molar-refractivity contribution < 1.29 is 14.0 Å². The summed E-state index contributed by atoms with van der Waals surface area (Å²) in [6.45, 7) is 3.53. The van der Waals surface area contributed by atoms with Crippen LogP contribution in [0.5, 0.6) is 0 Å². The predicted octanol–water partition coefficient (Wildman–Crippen LogP) is 3.24. The minimum Gasteiger partial charge on any atom is -0.466 e. The number of hydrogen-bond donors (Lipinski definition) is 2. The summed E-state index contributed by atoms with van der Waals surface area (Å²) < 4.78 is 5.37. The molecule has 1 aromatic heterocycles. The minimum absolute atomic E-state index is 0.0900. The summed E-state index contributed by atoms with van der Waals surface area (Å²) in [6, 6.07) is 1.68. The van der Waals surface area contributed by atoms with Crippen LogP contribution >= 0.6 is 11.6 Å². The molecule has 2 unspecified atom stereocenters. The lowest BCUT2D eigenvalue weighted by molar-refractivity contribution is -0.145. The first kappa shape index (κ1) is 16.0. The molecule has 1 heterocycles. The number of nitrogens with one attached hydrogen (secondary N) is 2. The van der Waals surface area contributed by atoms with E-state index in [2.05, 4.69) is 10.9 Å². The number of hydrogen-bond acceptors (Lipinski definition) is 3. The van der Waals surface area contributed by atoms with Gasteiger partial charge in [-0.3, -0.25) is 20.4 Å². The maximum absolute atomic E-state index is 12.9. The quantitative estimate of drug-likeness (QED) is 0.635. The first-order chi connectivity index (χ1) is 11.3. The van der Waals surface area contributed by atoms with E-state index < -0.39 is 5.41 Å². The highest BCUT2D eigenvalue weighted by Gasteiger charge is 2.60. The lowest BCUT2D eigenvalue weighted by atomic mass is 9.49. The van der Waals surface area contributed by atoms with E-state index in [4.69, 9.17) is 16.0 Å². The number of hydrazine groups is 1. The van der Waals surface area contributed by atoms with Gasteiger partial charge in [-0.25, -0.2) is 0 Å². The van der Waals surface area contributed by atoms with Gasteiger partial charge in [-0.15, -0.1) is 11.6 Å². The van der Waals surface area contributed by atoms with E-state index in [1.54, 1.807) is 19.9 Å². The summed E-state index contributed by atoms with van der Waals surface area (Å²) in [5.74, 6) is 1.88. The summed E-state index contributed by atoms with van der Waals surface area (Å²) in [5.41, 5.74) is 5.24. The van der Waals surface area contributed by atoms with Crippen LogP contribution in [0.25, 0.3) is 0 Å². The standard InChI is InChI=1S/C18H23ClN2O3/c1-10-3-14(11(2)24-10)15(22)20-21-16(23)17-5-12-4-13(6-17)8-18(19,7-12)9-17/h3,12-13H,4-9H2,1-2H3,(H,20,22)(H,21,23)/t12-,13+,17?,18?. The van der Waals surface area contributed by atoms with Crippen LogP contribution in [0.4, 0.5) is 0 Å². The van der Waals surface area contributed by atoms with E-state index in [1.165, 1.54) is 6.42 Å². The molecule has 4 atom stereocenters. The largest absolute Gasteiger partial charge is 0.466 e. The van der Waals surface area contributed by atoms with Crippen molar-refractivity contribution >= 4 is 23.4 Å². The van der Waals surface area contributed by atoms with Crippen LogP contribution in [0.15, 0.2) is 10.5 Å². The molecule has 2 N–H and O–H groups in total. The summed E-state index contributed by atoms with van der Waals surface area (Å²) >= 11 is 6.77. The number of halogens is 1. The van der Waals surface area contributed by atoms with Gasteiger partial charge in [0.1, 0.15) is 11.5 Å². The van der Waals surface area contributed by atoms with E-state index in [1.807, 2.05) is 0 Å². The number of aryl methyl sites for hydroxylation is 2. The molecular formula is C18H23ClN2O3. The molecule has 0 aromatic carbocycles. The Labute approximate surface area is 146 Å². The highest BCUT2D eigenvalue weighted by molar-refractivity contribution is 6.24. The molecule has 2 amide bonds. The van der Waals surface area contributed by atoms with E-state index in [0.717, 1.165) is 32.1 Å². The number of rotatable bonds is 2. The molecular weight excluding hydrogens is 328 g/mol. The molecule has 5 nitrogen and oxygen atoms in total. The molecule has 4 fully saturated rings. The molecule has 6 heteroatoms. The Morgan fingerprint density at radius 2 is 1.83 bits per heavy atom. The van der Waals surface area contributed by atoms with Gasteiger partial charge in [0.25, 0.3) is 5.91 Å². The van der Waals surface area contributed by atoms with Gasteiger partial charge in [0.15, 0.2) is 0 Å². The van der Waals surface area contributed by atoms with Crippen LogP contribution in [0, 0.1) is 31.1 Å². The highest BCUT2D eigenvalue weighted by Crippen LogP contribution is 2.63. The molecule has 24 heavy (non-hydrogen) atoms. The molecule has 5 rings (SSSR count). The lowest BCUT2D eigenvalue weighted by Crippen LogP contribution is -2.60. The number of furan rings is 1. The van der Waals surface area contributed by atoms with Gasteiger partial charge >= 0.3 is 0 Å². The monoisotopic (exact) mass is 350 g/mol. The van der Waals surface area contributed by atoms with Crippen LogP contribution in [-0.4, -0.2) is 16.7 Å². The van der Waals surface area contributed by atoms with Gasteiger partial charge in [-0.1, -0.05) is 0 Å². The van der Waals surface area contributed by atoms with Crippen molar-refractivity contribution in [3.8, 4) is 0 Å². The van der Waals surface area contributed by atoms with Gasteiger partial charge in [-0.05, 0) is 70.3 Å². The average molecular weight is 351 g/mol. The second kappa shape index (κ2) is 5.25. The summed E-state index contributed by atoms with van der Waals surface area (Å²) in [4.78, 5) is 24.9. The Hall–Kier alpha value is -1.49. The Kier molecular flexibility index (Phi) is 3.50. The van der Waals surface area contributed by atoms with Crippen molar-refractivity contribution in [1.82, 2.24) is 10.9 Å². The predicted molar refractivity (Wildman–Crippen MR) is 89.5 cm³/mol. The smallest absolute Gasteiger partial charge is 0.273 e.